The van der Waals surface area contributed by atoms with Gasteiger partial charge in [-0.05, 0) is 48.9 Å². The maximum atomic E-state index is 9.15. The molecule has 0 heterocycles. The summed E-state index contributed by atoms with van der Waals surface area (Å²) in [6.07, 6.45) is 3.21. The topological polar surface area (TPSA) is 38.7 Å². The summed E-state index contributed by atoms with van der Waals surface area (Å²) in [6.45, 7) is 0.964. The van der Waals surface area contributed by atoms with Crippen LogP contribution in [0, 0.1) is 5.41 Å². The van der Waals surface area contributed by atoms with Crippen LogP contribution in [0.1, 0.15) is 19.3 Å². The summed E-state index contributed by atoms with van der Waals surface area (Å²) in [5, 5.41) is 9.15. The lowest BCUT2D eigenvalue weighted by Gasteiger charge is -2.12. The third-order valence-corrected chi connectivity index (χ3v) is 3.25. The van der Waals surface area contributed by atoms with Crippen LogP contribution in [0.15, 0.2) is 24.3 Å². The molecule has 88 valence electrons. The first kappa shape index (κ1) is 11.3. The Labute approximate surface area is 96.0 Å². The van der Waals surface area contributed by atoms with Crippen molar-refractivity contribution in [1.82, 2.24) is 0 Å². The van der Waals surface area contributed by atoms with Gasteiger partial charge in [-0.25, -0.2) is 0 Å². The van der Waals surface area contributed by atoms with Gasteiger partial charge in [-0.15, -0.1) is 0 Å². The average molecular weight is 222 g/mol. The molecule has 0 atom stereocenters. The van der Waals surface area contributed by atoms with Crippen molar-refractivity contribution in [2.45, 2.75) is 19.3 Å². The summed E-state index contributed by atoms with van der Waals surface area (Å²) in [6, 6.07) is 7.57. The van der Waals surface area contributed by atoms with Crippen molar-refractivity contribution in [2.24, 2.45) is 5.41 Å². The smallest absolute Gasteiger partial charge is 0.119 e. The lowest BCUT2D eigenvalue weighted by Crippen LogP contribution is -2.11. The van der Waals surface area contributed by atoms with Gasteiger partial charge in [0.25, 0.3) is 0 Å². The molecule has 1 aromatic rings. The molecule has 3 nitrogen and oxygen atoms in total. The molecule has 1 aromatic carbocycles. The Morgan fingerprint density at radius 1 is 1.19 bits per heavy atom. The lowest BCUT2D eigenvalue weighted by molar-refractivity contribution is 0.176. The second-order valence-corrected chi connectivity index (χ2v) is 4.43. The number of benzene rings is 1. The highest BCUT2D eigenvalue weighted by molar-refractivity contribution is 5.31. The monoisotopic (exact) mass is 222 g/mol. The Hall–Kier alpha value is -1.22. The Morgan fingerprint density at radius 2 is 1.81 bits per heavy atom. The normalized spacial score (nSPS) is 16.9. The minimum Gasteiger partial charge on any atom is -0.497 e. The maximum absolute atomic E-state index is 9.15. The fraction of sp³-hybridized carbons (Fsp3) is 0.538. The number of methoxy groups -OCH3 is 1. The van der Waals surface area contributed by atoms with Crippen LogP contribution >= 0.6 is 0 Å². The summed E-state index contributed by atoms with van der Waals surface area (Å²) in [7, 11) is 1.65. The van der Waals surface area contributed by atoms with E-state index in [1.807, 2.05) is 24.3 Å². The van der Waals surface area contributed by atoms with E-state index in [-0.39, 0.29) is 5.41 Å². The van der Waals surface area contributed by atoms with E-state index in [9.17, 15) is 0 Å². The molecule has 1 fully saturated rings. The van der Waals surface area contributed by atoms with Crippen molar-refractivity contribution in [3.05, 3.63) is 24.3 Å². The number of hydrogen-bond acceptors (Lipinski definition) is 3. The molecule has 1 saturated carbocycles. The van der Waals surface area contributed by atoms with E-state index in [1.54, 1.807) is 7.11 Å². The molecule has 0 aliphatic heterocycles. The summed E-state index contributed by atoms with van der Waals surface area (Å²) in [5.74, 6) is 1.69. The van der Waals surface area contributed by atoms with Crippen LogP contribution in [-0.2, 0) is 0 Å². The van der Waals surface area contributed by atoms with Crippen LogP contribution < -0.4 is 9.47 Å². The molecule has 2 rings (SSSR count). The summed E-state index contributed by atoms with van der Waals surface area (Å²) in [4.78, 5) is 0. The average Bonchev–Trinajstić information content (AvgIpc) is 3.11. The second kappa shape index (κ2) is 4.74. The fourth-order valence-corrected chi connectivity index (χ4v) is 1.72. The molecule has 0 radical (unpaired) electrons. The zero-order valence-corrected chi connectivity index (χ0v) is 9.61. The molecule has 0 amide bonds. The van der Waals surface area contributed by atoms with Gasteiger partial charge in [-0.1, -0.05) is 0 Å². The summed E-state index contributed by atoms with van der Waals surface area (Å²) < 4.78 is 10.7. The third kappa shape index (κ3) is 2.67. The fourth-order valence-electron chi connectivity index (χ4n) is 1.72. The number of aliphatic hydroxyl groups is 1. The first-order valence-electron chi connectivity index (χ1n) is 5.66. The van der Waals surface area contributed by atoms with Crippen molar-refractivity contribution in [1.29, 1.82) is 0 Å². The zero-order chi connectivity index (χ0) is 11.4. The minimum atomic E-state index is 0.173. The maximum Gasteiger partial charge on any atom is 0.119 e. The third-order valence-electron chi connectivity index (χ3n) is 3.25. The van der Waals surface area contributed by atoms with Crippen LogP contribution in [0.25, 0.3) is 0 Å². The van der Waals surface area contributed by atoms with Crippen LogP contribution in [0.4, 0.5) is 0 Å². The van der Waals surface area contributed by atoms with Crippen molar-refractivity contribution in [3.63, 3.8) is 0 Å². The van der Waals surface area contributed by atoms with Gasteiger partial charge in [0.15, 0.2) is 0 Å². The largest absolute Gasteiger partial charge is 0.497 e. The molecule has 1 N–H and O–H groups in total. The van der Waals surface area contributed by atoms with Crippen molar-refractivity contribution in [2.75, 3.05) is 20.3 Å². The van der Waals surface area contributed by atoms with E-state index >= 15 is 0 Å². The van der Waals surface area contributed by atoms with Gasteiger partial charge < -0.3 is 14.6 Å². The first-order chi connectivity index (χ1) is 7.78. The SMILES string of the molecule is COc1ccc(OCCC2(CO)CC2)cc1. The van der Waals surface area contributed by atoms with Gasteiger partial charge >= 0.3 is 0 Å². The van der Waals surface area contributed by atoms with E-state index in [1.165, 1.54) is 0 Å². The first-order valence-corrected chi connectivity index (χ1v) is 5.66. The lowest BCUT2D eigenvalue weighted by atomic mass is 10.1. The standard InChI is InChI=1S/C13H18O3/c1-15-11-2-4-12(5-3-11)16-9-8-13(10-14)6-7-13/h2-5,14H,6-10H2,1H3. The number of aliphatic hydroxyl groups excluding tert-OH is 1. The molecule has 1 aliphatic carbocycles. The molecule has 16 heavy (non-hydrogen) atoms. The minimum absolute atomic E-state index is 0.173. The molecule has 0 saturated heterocycles. The summed E-state index contributed by atoms with van der Waals surface area (Å²) >= 11 is 0. The van der Waals surface area contributed by atoms with E-state index in [0.717, 1.165) is 30.8 Å². The Bertz CT molecular complexity index is 328. The highest BCUT2D eigenvalue weighted by Crippen LogP contribution is 2.48. The van der Waals surface area contributed by atoms with Crippen LogP contribution in [0.2, 0.25) is 0 Å². The van der Waals surface area contributed by atoms with Gasteiger partial charge in [0, 0.05) is 6.61 Å². The van der Waals surface area contributed by atoms with Gasteiger partial charge in [-0.3, -0.25) is 0 Å². The molecule has 1 aliphatic rings. The van der Waals surface area contributed by atoms with Gasteiger partial charge in [-0.2, -0.15) is 0 Å². The van der Waals surface area contributed by atoms with Crippen LogP contribution in [0.3, 0.4) is 0 Å². The Morgan fingerprint density at radius 3 is 2.31 bits per heavy atom. The van der Waals surface area contributed by atoms with Gasteiger partial charge in [0.2, 0.25) is 0 Å². The van der Waals surface area contributed by atoms with Crippen molar-refractivity contribution >= 4 is 0 Å². The van der Waals surface area contributed by atoms with Gasteiger partial charge in [0.05, 0.1) is 13.7 Å². The number of ether oxygens (including phenoxy) is 2. The molecular weight excluding hydrogens is 204 g/mol. The second-order valence-electron chi connectivity index (χ2n) is 4.43. The highest BCUT2D eigenvalue weighted by Gasteiger charge is 2.41. The zero-order valence-electron chi connectivity index (χ0n) is 9.61. The van der Waals surface area contributed by atoms with E-state index in [0.29, 0.717) is 13.2 Å². The molecule has 0 aromatic heterocycles. The Balaban J connectivity index is 1.76. The highest BCUT2D eigenvalue weighted by atomic mass is 16.5. The molecule has 3 heteroatoms. The van der Waals surface area contributed by atoms with Crippen LogP contribution in [-0.4, -0.2) is 25.4 Å². The number of rotatable bonds is 6. The Kier molecular flexibility index (Phi) is 3.34. The van der Waals surface area contributed by atoms with Crippen molar-refractivity contribution in [3.8, 4) is 11.5 Å². The molecule has 0 unspecified atom stereocenters. The van der Waals surface area contributed by atoms with Gasteiger partial charge in [0.1, 0.15) is 11.5 Å². The molecular formula is C13H18O3. The quantitative estimate of drug-likeness (QED) is 0.802. The predicted molar refractivity (Wildman–Crippen MR) is 61.9 cm³/mol. The molecule has 0 spiro atoms. The summed E-state index contributed by atoms with van der Waals surface area (Å²) in [5.41, 5.74) is 0.173. The van der Waals surface area contributed by atoms with Crippen LogP contribution in [0.5, 0.6) is 11.5 Å². The predicted octanol–water partition coefficient (Wildman–Crippen LogP) is 2.24. The van der Waals surface area contributed by atoms with E-state index in [4.69, 9.17) is 14.6 Å². The van der Waals surface area contributed by atoms with Crippen molar-refractivity contribution < 1.29 is 14.6 Å². The molecule has 0 bridgehead atoms. The van der Waals surface area contributed by atoms with E-state index < -0.39 is 0 Å². The number of hydrogen-bond donors (Lipinski definition) is 1. The van der Waals surface area contributed by atoms with E-state index in [2.05, 4.69) is 0 Å².